The molecule has 32 heavy (non-hydrogen) atoms. The number of nitrogens with one attached hydrogen (secondary N) is 2. The summed E-state index contributed by atoms with van der Waals surface area (Å²) in [6.45, 7) is 4.91. The number of rotatable bonds is 9. The van der Waals surface area contributed by atoms with Crippen molar-refractivity contribution in [1.29, 1.82) is 0 Å². The molecule has 0 bridgehead atoms. The van der Waals surface area contributed by atoms with Crippen molar-refractivity contribution in [3.8, 4) is 11.5 Å². The lowest BCUT2D eigenvalue weighted by Crippen LogP contribution is -2.44. The van der Waals surface area contributed by atoms with Gasteiger partial charge < -0.3 is 29.6 Å². The number of methoxy groups -OCH3 is 1. The Hall–Kier alpha value is -2.15. The number of furan rings is 1. The molecule has 3 N–H and O–H groups in total. The maximum atomic E-state index is 12.4. The van der Waals surface area contributed by atoms with Crippen molar-refractivity contribution in [3.63, 3.8) is 0 Å². The highest BCUT2D eigenvalue weighted by atomic mass is 127. The van der Waals surface area contributed by atoms with Crippen LogP contribution in [0.4, 0.5) is 13.2 Å². The number of aryl methyl sites for hydroxylation is 1. The Morgan fingerprint density at radius 3 is 2.44 bits per heavy atom. The monoisotopic (exact) mass is 571 g/mol. The van der Waals surface area contributed by atoms with Crippen LogP contribution in [-0.4, -0.2) is 44.0 Å². The van der Waals surface area contributed by atoms with Gasteiger partial charge in [-0.1, -0.05) is 6.07 Å². The summed E-state index contributed by atoms with van der Waals surface area (Å²) in [6.07, 6.45) is -4.43. The summed E-state index contributed by atoms with van der Waals surface area (Å²) in [5, 5.41) is 16.8. The molecular weight excluding hydrogens is 542 g/mol. The van der Waals surface area contributed by atoms with Crippen LogP contribution in [-0.2, 0) is 12.1 Å². The van der Waals surface area contributed by atoms with Crippen LogP contribution in [0.3, 0.4) is 0 Å². The Kier molecular flexibility index (Phi) is 10.6. The quantitative estimate of drug-likeness (QED) is 0.239. The van der Waals surface area contributed by atoms with E-state index in [4.69, 9.17) is 13.9 Å². The number of aliphatic hydroxyl groups is 1. The van der Waals surface area contributed by atoms with Crippen molar-refractivity contribution in [1.82, 2.24) is 10.6 Å². The maximum absolute atomic E-state index is 12.4. The zero-order chi connectivity index (χ0) is 23.1. The van der Waals surface area contributed by atoms with E-state index < -0.39 is 18.4 Å². The molecule has 0 aliphatic rings. The predicted octanol–water partition coefficient (Wildman–Crippen LogP) is 4.12. The Morgan fingerprint density at radius 2 is 1.88 bits per heavy atom. The lowest BCUT2D eigenvalue weighted by molar-refractivity contribution is -0.153. The fourth-order valence-electron chi connectivity index (χ4n) is 2.67. The number of halogens is 4. The zero-order valence-corrected chi connectivity index (χ0v) is 20.7. The summed E-state index contributed by atoms with van der Waals surface area (Å²) < 4.78 is 52.6. The first-order valence-electron chi connectivity index (χ1n) is 9.72. The van der Waals surface area contributed by atoms with Gasteiger partial charge in [0.05, 0.1) is 20.2 Å². The van der Waals surface area contributed by atoms with Crippen LogP contribution in [0.5, 0.6) is 11.5 Å². The van der Waals surface area contributed by atoms with E-state index in [1.54, 1.807) is 38.1 Å². The fraction of sp³-hybridized carbons (Fsp3) is 0.476. The van der Waals surface area contributed by atoms with Gasteiger partial charge in [-0.2, -0.15) is 13.2 Å². The van der Waals surface area contributed by atoms with Crippen LogP contribution in [0.25, 0.3) is 0 Å². The third-order valence-electron chi connectivity index (χ3n) is 4.25. The van der Waals surface area contributed by atoms with Crippen LogP contribution >= 0.6 is 24.0 Å². The number of hydrogen-bond acceptors (Lipinski definition) is 5. The molecule has 2 rings (SSSR count). The Bertz CT molecular complexity index is 885. The second-order valence-corrected chi connectivity index (χ2v) is 7.12. The third-order valence-corrected chi connectivity index (χ3v) is 4.25. The predicted molar refractivity (Wildman–Crippen MR) is 126 cm³/mol. The normalized spacial score (nSPS) is 13.7. The number of benzene rings is 1. The van der Waals surface area contributed by atoms with Gasteiger partial charge in [0, 0.05) is 6.54 Å². The molecule has 1 aromatic heterocycles. The molecule has 2 aromatic rings. The summed E-state index contributed by atoms with van der Waals surface area (Å²) in [5.74, 6) is 1.79. The molecule has 7 nitrogen and oxygen atoms in total. The smallest absolute Gasteiger partial charge is 0.422 e. The van der Waals surface area contributed by atoms with E-state index in [1.807, 2.05) is 6.92 Å². The lowest BCUT2D eigenvalue weighted by Gasteiger charge is -2.23. The molecule has 11 heteroatoms. The van der Waals surface area contributed by atoms with E-state index in [9.17, 15) is 18.3 Å². The largest absolute Gasteiger partial charge is 0.493 e. The Morgan fingerprint density at radius 1 is 1.16 bits per heavy atom. The van der Waals surface area contributed by atoms with Crippen LogP contribution in [0, 0.1) is 6.92 Å². The highest BCUT2D eigenvalue weighted by molar-refractivity contribution is 14.0. The second kappa shape index (κ2) is 12.2. The third kappa shape index (κ3) is 8.77. The van der Waals surface area contributed by atoms with Gasteiger partial charge in [-0.05, 0) is 50.6 Å². The molecule has 1 atom stereocenters. The minimum absolute atomic E-state index is 0. The van der Waals surface area contributed by atoms with Crippen LogP contribution in [0.15, 0.2) is 39.7 Å². The highest BCUT2D eigenvalue weighted by Gasteiger charge is 2.29. The van der Waals surface area contributed by atoms with Gasteiger partial charge in [-0.15, -0.1) is 24.0 Å². The van der Waals surface area contributed by atoms with Crippen molar-refractivity contribution in [2.75, 3.05) is 26.8 Å². The van der Waals surface area contributed by atoms with Crippen molar-refractivity contribution in [2.45, 2.75) is 39.1 Å². The number of nitrogens with zero attached hydrogens (tertiary/aromatic N) is 1. The molecule has 1 heterocycles. The summed E-state index contributed by atoms with van der Waals surface area (Å²) in [7, 11) is 1.35. The maximum Gasteiger partial charge on any atom is 0.422 e. The standard InChI is InChI=1S/C21H28F3N3O4.HI/c1-5-25-19(27-12-20(3,28)18-9-6-14(2)31-18)26-11-15-7-8-16(17(10-15)29-4)30-13-21(22,23)24;/h6-10,28H,5,11-13H2,1-4H3,(H2,25,26,27);1H. The van der Waals surface area contributed by atoms with Gasteiger partial charge >= 0.3 is 6.18 Å². The van der Waals surface area contributed by atoms with Crippen LogP contribution < -0.4 is 20.1 Å². The van der Waals surface area contributed by atoms with Gasteiger partial charge in [0.15, 0.2) is 24.1 Å². The highest BCUT2D eigenvalue weighted by Crippen LogP contribution is 2.30. The summed E-state index contributed by atoms with van der Waals surface area (Å²) in [5.41, 5.74) is -0.535. The number of aliphatic imine (C=N–C) groups is 1. The minimum atomic E-state index is -4.43. The van der Waals surface area contributed by atoms with E-state index in [-0.39, 0.29) is 48.6 Å². The van der Waals surface area contributed by atoms with Crippen LogP contribution in [0.2, 0.25) is 0 Å². The van der Waals surface area contributed by atoms with Crippen molar-refractivity contribution >= 4 is 29.9 Å². The fourth-order valence-corrected chi connectivity index (χ4v) is 2.67. The molecule has 0 saturated carbocycles. The minimum Gasteiger partial charge on any atom is -0.493 e. The molecule has 0 aliphatic heterocycles. The SMILES string of the molecule is CCNC(=NCc1ccc(OCC(F)(F)F)c(OC)c1)NCC(C)(O)c1ccc(C)o1.I. The van der Waals surface area contributed by atoms with Crippen molar-refractivity contribution in [2.24, 2.45) is 4.99 Å². The number of ether oxygens (including phenoxy) is 2. The van der Waals surface area contributed by atoms with Crippen molar-refractivity contribution in [3.05, 3.63) is 47.4 Å². The van der Waals surface area contributed by atoms with Gasteiger partial charge in [-0.25, -0.2) is 4.99 Å². The second-order valence-electron chi connectivity index (χ2n) is 7.12. The number of guanidine groups is 1. The zero-order valence-electron chi connectivity index (χ0n) is 18.4. The average molecular weight is 571 g/mol. The summed E-state index contributed by atoms with van der Waals surface area (Å²) >= 11 is 0. The molecule has 0 amide bonds. The number of alkyl halides is 3. The molecule has 1 aromatic carbocycles. The van der Waals surface area contributed by atoms with Gasteiger partial charge in [0.25, 0.3) is 0 Å². The van der Waals surface area contributed by atoms with Gasteiger partial charge in [0.1, 0.15) is 17.1 Å². The lowest BCUT2D eigenvalue weighted by atomic mass is 10.0. The average Bonchev–Trinajstić information content (AvgIpc) is 3.15. The van der Waals surface area contributed by atoms with E-state index in [2.05, 4.69) is 15.6 Å². The molecule has 0 saturated heterocycles. The Labute approximate surface area is 202 Å². The van der Waals surface area contributed by atoms with E-state index in [0.717, 1.165) is 0 Å². The summed E-state index contributed by atoms with van der Waals surface area (Å²) in [4.78, 5) is 4.45. The van der Waals surface area contributed by atoms with Crippen molar-refractivity contribution < 1.29 is 32.2 Å². The molecule has 1 unspecified atom stereocenters. The molecule has 0 spiro atoms. The first-order chi connectivity index (χ1) is 14.5. The number of hydrogen-bond donors (Lipinski definition) is 3. The first kappa shape index (κ1) is 27.9. The van der Waals surface area contributed by atoms with E-state index in [0.29, 0.717) is 29.6 Å². The molecule has 0 fully saturated rings. The summed E-state index contributed by atoms with van der Waals surface area (Å²) in [6, 6.07) is 8.10. The molecule has 0 aliphatic carbocycles. The van der Waals surface area contributed by atoms with Gasteiger partial charge in [-0.3, -0.25) is 0 Å². The molecule has 0 radical (unpaired) electrons. The van der Waals surface area contributed by atoms with E-state index in [1.165, 1.54) is 13.2 Å². The topological polar surface area (TPSA) is 88.3 Å². The van der Waals surface area contributed by atoms with Gasteiger partial charge in [0.2, 0.25) is 0 Å². The van der Waals surface area contributed by atoms with E-state index >= 15 is 0 Å². The molecular formula is C21H29F3IN3O4. The first-order valence-corrected chi connectivity index (χ1v) is 9.72. The Balaban J connectivity index is 0.00000512. The van der Waals surface area contributed by atoms with Crippen LogP contribution in [0.1, 0.15) is 30.9 Å². The molecule has 180 valence electrons.